The summed E-state index contributed by atoms with van der Waals surface area (Å²) in [4.78, 5) is 51.3. The molecule has 7 heteroatoms. The molecule has 160 valence electrons. The Morgan fingerprint density at radius 3 is 2.29 bits per heavy atom. The molecule has 1 aliphatic heterocycles. The molecule has 2 aromatic carbocycles. The Morgan fingerprint density at radius 1 is 1.00 bits per heavy atom. The van der Waals surface area contributed by atoms with Crippen LogP contribution in [0.4, 0.5) is 0 Å². The van der Waals surface area contributed by atoms with Gasteiger partial charge in [-0.05, 0) is 56.4 Å². The fourth-order valence-electron chi connectivity index (χ4n) is 4.18. The Kier molecular flexibility index (Phi) is 5.59. The van der Waals surface area contributed by atoms with Crippen LogP contribution in [0.15, 0.2) is 48.5 Å². The van der Waals surface area contributed by atoms with Gasteiger partial charge in [0.2, 0.25) is 0 Å². The van der Waals surface area contributed by atoms with Crippen LogP contribution in [-0.4, -0.2) is 40.7 Å². The third-order valence-corrected chi connectivity index (χ3v) is 5.90. The van der Waals surface area contributed by atoms with Gasteiger partial charge in [-0.3, -0.25) is 19.3 Å². The third-order valence-electron chi connectivity index (χ3n) is 5.90. The smallest absolute Gasteiger partial charge is 0.329 e. The molecule has 1 heterocycles. The van der Waals surface area contributed by atoms with Crippen LogP contribution in [0, 0.1) is 0 Å². The fraction of sp³-hybridized carbons (Fsp3) is 0.333. The molecule has 0 saturated heterocycles. The minimum absolute atomic E-state index is 0.132. The predicted octanol–water partition coefficient (Wildman–Crippen LogP) is 2.80. The van der Waals surface area contributed by atoms with Crippen LogP contribution in [0.25, 0.3) is 0 Å². The van der Waals surface area contributed by atoms with Crippen LogP contribution in [0.2, 0.25) is 0 Å². The lowest BCUT2D eigenvalue weighted by atomic mass is 9.87. The molecule has 3 atom stereocenters. The summed E-state index contributed by atoms with van der Waals surface area (Å²) in [5.74, 6) is -2.30. The predicted molar refractivity (Wildman–Crippen MR) is 112 cm³/mol. The molecule has 0 fully saturated rings. The summed E-state index contributed by atoms with van der Waals surface area (Å²) in [7, 11) is 0. The van der Waals surface area contributed by atoms with Gasteiger partial charge >= 0.3 is 5.97 Å². The number of ether oxygens (including phenoxy) is 1. The molecule has 0 spiro atoms. The summed E-state index contributed by atoms with van der Waals surface area (Å²) < 4.78 is 5.31. The van der Waals surface area contributed by atoms with E-state index in [1.807, 2.05) is 18.2 Å². The molecule has 0 saturated carbocycles. The molecule has 0 unspecified atom stereocenters. The van der Waals surface area contributed by atoms with Gasteiger partial charge in [0.15, 0.2) is 6.10 Å². The van der Waals surface area contributed by atoms with Crippen molar-refractivity contribution in [1.82, 2.24) is 10.2 Å². The van der Waals surface area contributed by atoms with E-state index in [1.165, 1.54) is 19.4 Å². The van der Waals surface area contributed by atoms with Crippen molar-refractivity contribution in [3.63, 3.8) is 0 Å². The number of amides is 3. The normalized spacial score (nSPS) is 19.3. The first-order valence-corrected chi connectivity index (χ1v) is 10.4. The molecule has 31 heavy (non-hydrogen) atoms. The number of benzene rings is 2. The Labute approximate surface area is 180 Å². The topological polar surface area (TPSA) is 92.8 Å². The SMILES string of the molecule is C[C@H](C(=O)O[C@H](C)C(=O)N[C@@H]1CCCc2ccccc21)N1C(=O)c2ccccc2C1=O. The highest BCUT2D eigenvalue weighted by Gasteiger charge is 2.41. The number of rotatable bonds is 5. The largest absolute Gasteiger partial charge is 0.451 e. The molecule has 7 nitrogen and oxygen atoms in total. The number of nitrogens with one attached hydrogen (secondary N) is 1. The van der Waals surface area contributed by atoms with Crippen molar-refractivity contribution in [3.8, 4) is 0 Å². The van der Waals surface area contributed by atoms with Crippen molar-refractivity contribution >= 4 is 23.7 Å². The number of esters is 1. The highest BCUT2D eigenvalue weighted by atomic mass is 16.5. The van der Waals surface area contributed by atoms with E-state index in [-0.39, 0.29) is 17.2 Å². The Morgan fingerprint density at radius 2 is 1.61 bits per heavy atom. The Hall–Kier alpha value is -3.48. The zero-order chi connectivity index (χ0) is 22.1. The van der Waals surface area contributed by atoms with Gasteiger partial charge < -0.3 is 10.1 Å². The summed E-state index contributed by atoms with van der Waals surface area (Å²) in [5, 5.41) is 2.96. The van der Waals surface area contributed by atoms with E-state index in [2.05, 4.69) is 11.4 Å². The van der Waals surface area contributed by atoms with Crippen LogP contribution in [0.1, 0.15) is 64.6 Å². The Bertz CT molecular complexity index is 1030. The maximum absolute atomic E-state index is 12.7. The molecule has 1 aliphatic carbocycles. The van der Waals surface area contributed by atoms with E-state index in [0.29, 0.717) is 0 Å². The number of carbonyl (C=O) groups excluding carboxylic acids is 4. The first kappa shape index (κ1) is 20.8. The van der Waals surface area contributed by atoms with Crippen molar-refractivity contribution in [2.75, 3.05) is 0 Å². The van der Waals surface area contributed by atoms with Gasteiger partial charge in [-0.1, -0.05) is 36.4 Å². The van der Waals surface area contributed by atoms with Crippen molar-refractivity contribution in [2.24, 2.45) is 0 Å². The molecule has 0 aromatic heterocycles. The van der Waals surface area contributed by atoms with Gasteiger partial charge in [0.05, 0.1) is 17.2 Å². The molecule has 2 aliphatic rings. The maximum Gasteiger partial charge on any atom is 0.329 e. The monoisotopic (exact) mass is 420 g/mol. The number of aryl methyl sites for hydroxylation is 1. The number of carbonyl (C=O) groups is 4. The molecular weight excluding hydrogens is 396 g/mol. The minimum atomic E-state index is -1.14. The van der Waals surface area contributed by atoms with E-state index >= 15 is 0 Å². The van der Waals surface area contributed by atoms with E-state index < -0.39 is 35.8 Å². The van der Waals surface area contributed by atoms with Crippen LogP contribution >= 0.6 is 0 Å². The highest BCUT2D eigenvalue weighted by Crippen LogP contribution is 2.29. The van der Waals surface area contributed by atoms with Gasteiger partial charge in [-0.2, -0.15) is 0 Å². The van der Waals surface area contributed by atoms with E-state index in [1.54, 1.807) is 24.3 Å². The van der Waals surface area contributed by atoms with Crippen LogP contribution in [0.3, 0.4) is 0 Å². The number of hydrogen-bond acceptors (Lipinski definition) is 5. The summed E-state index contributed by atoms with van der Waals surface area (Å²) in [5.41, 5.74) is 2.81. The number of hydrogen-bond donors (Lipinski definition) is 1. The van der Waals surface area contributed by atoms with Gasteiger partial charge in [-0.15, -0.1) is 0 Å². The number of imide groups is 1. The molecule has 1 N–H and O–H groups in total. The molecule has 0 bridgehead atoms. The van der Waals surface area contributed by atoms with E-state index in [4.69, 9.17) is 4.74 Å². The quantitative estimate of drug-likeness (QED) is 0.593. The van der Waals surface area contributed by atoms with Crippen molar-refractivity contribution < 1.29 is 23.9 Å². The van der Waals surface area contributed by atoms with Gasteiger partial charge in [-0.25, -0.2) is 4.79 Å². The van der Waals surface area contributed by atoms with E-state index in [0.717, 1.165) is 29.7 Å². The van der Waals surface area contributed by atoms with Gasteiger partial charge in [0.25, 0.3) is 17.7 Å². The summed E-state index contributed by atoms with van der Waals surface area (Å²) in [6.45, 7) is 2.91. The number of fused-ring (bicyclic) bond motifs is 2. The second-order valence-electron chi connectivity index (χ2n) is 7.93. The molecule has 0 radical (unpaired) electrons. The van der Waals surface area contributed by atoms with Gasteiger partial charge in [0.1, 0.15) is 6.04 Å². The first-order valence-electron chi connectivity index (χ1n) is 10.4. The maximum atomic E-state index is 12.7. The summed E-state index contributed by atoms with van der Waals surface area (Å²) in [6, 6.07) is 13.1. The highest BCUT2D eigenvalue weighted by molar-refractivity contribution is 6.22. The van der Waals surface area contributed by atoms with Crippen molar-refractivity contribution in [2.45, 2.75) is 51.3 Å². The summed E-state index contributed by atoms with van der Waals surface area (Å²) in [6.07, 6.45) is 1.70. The zero-order valence-electron chi connectivity index (χ0n) is 17.5. The Balaban J connectivity index is 1.39. The fourth-order valence-corrected chi connectivity index (χ4v) is 4.18. The second kappa shape index (κ2) is 8.34. The van der Waals surface area contributed by atoms with E-state index in [9.17, 15) is 19.2 Å². The lowest BCUT2D eigenvalue weighted by Crippen LogP contribution is -2.46. The molecule has 2 aromatic rings. The van der Waals surface area contributed by atoms with Crippen LogP contribution < -0.4 is 5.32 Å². The minimum Gasteiger partial charge on any atom is -0.451 e. The van der Waals surface area contributed by atoms with Crippen LogP contribution in [0.5, 0.6) is 0 Å². The summed E-state index contributed by atoms with van der Waals surface area (Å²) >= 11 is 0. The first-order chi connectivity index (χ1) is 14.9. The molecule has 4 rings (SSSR count). The average molecular weight is 420 g/mol. The van der Waals surface area contributed by atoms with Crippen molar-refractivity contribution in [1.29, 1.82) is 0 Å². The van der Waals surface area contributed by atoms with Gasteiger partial charge in [0, 0.05) is 0 Å². The van der Waals surface area contributed by atoms with Crippen molar-refractivity contribution in [3.05, 3.63) is 70.8 Å². The lowest BCUT2D eigenvalue weighted by Gasteiger charge is -2.28. The molecule has 3 amide bonds. The van der Waals surface area contributed by atoms with Crippen LogP contribution in [-0.2, 0) is 20.7 Å². The zero-order valence-corrected chi connectivity index (χ0v) is 17.5. The average Bonchev–Trinajstić information content (AvgIpc) is 3.03. The standard InChI is InChI=1S/C24H24N2O5/c1-14(26-22(28)18-11-5-6-12-19(18)23(26)29)24(30)31-15(2)21(27)25-20-13-7-9-16-8-3-4-10-17(16)20/h3-6,8,10-12,14-15,20H,7,9,13H2,1-2H3,(H,25,27)/t14-,15-,20-/m1/s1. The second-order valence-corrected chi connectivity index (χ2v) is 7.93. The lowest BCUT2D eigenvalue weighted by molar-refractivity contribution is -0.158. The molecular formula is C24H24N2O5. The third kappa shape index (κ3) is 3.83. The number of nitrogens with zero attached hydrogens (tertiary/aromatic N) is 1.